The minimum atomic E-state index is -0.470. The predicted molar refractivity (Wildman–Crippen MR) is 105 cm³/mol. The predicted octanol–water partition coefficient (Wildman–Crippen LogP) is 2.57. The number of methoxy groups -OCH3 is 1. The number of pyridine rings is 1. The lowest BCUT2D eigenvalue weighted by atomic mass is 10.1. The number of benzene rings is 1. The normalized spacial score (nSPS) is 16.6. The summed E-state index contributed by atoms with van der Waals surface area (Å²) < 4.78 is 5.38. The largest absolute Gasteiger partial charge is 0.495 e. The van der Waals surface area contributed by atoms with Gasteiger partial charge in [-0.25, -0.2) is 4.98 Å². The molecule has 4 rings (SSSR count). The van der Waals surface area contributed by atoms with Crippen molar-refractivity contribution in [1.29, 1.82) is 0 Å². The highest BCUT2D eigenvalue weighted by molar-refractivity contribution is 6.06. The van der Waals surface area contributed by atoms with Crippen LogP contribution in [0.15, 0.2) is 30.3 Å². The Bertz CT molecular complexity index is 1070. The van der Waals surface area contributed by atoms with Crippen LogP contribution in [0.5, 0.6) is 5.75 Å². The van der Waals surface area contributed by atoms with E-state index in [2.05, 4.69) is 20.5 Å². The topological polar surface area (TPSA) is 100 Å². The molecule has 0 saturated carbocycles. The van der Waals surface area contributed by atoms with Crippen molar-refractivity contribution in [2.75, 3.05) is 23.9 Å². The van der Waals surface area contributed by atoms with Gasteiger partial charge in [0.25, 0.3) is 0 Å². The van der Waals surface area contributed by atoms with Gasteiger partial charge in [-0.3, -0.25) is 14.7 Å². The number of ether oxygens (including phenoxy) is 1. The first-order chi connectivity index (χ1) is 13.5. The summed E-state index contributed by atoms with van der Waals surface area (Å²) in [4.78, 5) is 31.3. The minimum absolute atomic E-state index is 0.103. The van der Waals surface area contributed by atoms with E-state index in [1.165, 1.54) is 0 Å². The monoisotopic (exact) mass is 379 g/mol. The van der Waals surface area contributed by atoms with Crippen LogP contribution in [0.2, 0.25) is 0 Å². The number of fused-ring (bicyclic) bond motifs is 1. The summed E-state index contributed by atoms with van der Waals surface area (Å²) in [5.74, 6) is 0.221. The van der Waals surface area contributed by atoms with Gasteiger partial charge in [-0.2, -0.15) is 5.10 Å². The van der Waals surface area contributed by atoms with Crippen LogP contribution >= 0.6 is 0 Å². The molecule has 1 atom stereocenters. The van der Waals surface area contributed by atoms with E-state index in [0.717, 1.165) is 16.6 Å². The lowest BCUT2D eigenvalue weighted by molar-refractivity contribution is -0.122. The summed E-state index contributed by atoms with van der Waals surface area (Å²) in [5, 5.41) is 10.5. The molecule has 3 heterocycles. The van der Waals surface area contributed by atoms with Crippen LogP contribution in [0.25, 0.3) is 11.0 Å². The van der Waals surface area contributed by atoms with Crippen LogP contribution in [0, 0.1) is 19.8 Å². The summed E-state index contributed by atoms with van der Waals surface area (Å²) in [6.07, 6.45) is 0.142. The van der Waals surface area contributed by atoms with Gasteiger partial charge >= 0.3 is 0 Å². The van der Waals surface area contributed by atoms with Crippen molar-refractivity contribution in [3.8, 4) is 5.75 Å². The number of hydrogen-bond acceptors (Lipinski definition) is 5. The summed E-state index contributed by atoms with van der Waals surface area (Å²) >= 11 is 0. The summed E-state index contributed by atoms with van der Waals surface area (Å²) in [6, 6.07) is 9.37. The first-order valence-corrected chi connectivity index (χ1v) is 9.04. The van der Waals surface area contributed by atoms with Crippen LogP contribution in [-0.4, -0.2) is 40.7 Å². The van der Waals surface area contributed by atoms with Crippen molar-refractivity contribution < 1.29 is 14.3 Å². The Morgan fingerprint density at radius 2 is 2.11 bits per heavy atom. The fraction of sp³-hybridized carbons (Fsp3) is 0.300. The zero-order valence-corrected chi connectivity index (χ0v) is 15.9. The van der Waals surface area contributed by atoms with Gasteiger partial charge in [-0.1, -0.05) is 6.07 Å². The van der Waals surface area contributed by atoms with Gasteiger partial charge in [0.2, 0.25) is 11.8 Å². The van der Waals surface area contributed by atoms with E-state index in [0.29, 0.717) is 29.4 Å². The van der Waals surface area contributed by atoms with Gasteiger partial charge in [0.05, 0.1) is 24.1 Å². The van der Waals surface area contributed by atoms with Crippen molar-refractivity contribution in [3.63, 3.8) is 0 Å². The molecule has 144 valence electrons. The maximum Gasteiger partial charge on any atom is 0.231 e. The van der Waals surface area contributed by atoms with E-state index in [9.17, 15) is 9.59 Å². The van der Waals surface area contributed by atoms with Crippen LogP contribution in [0.3, 0.4) is 0 Å². The third-order valence-electron chi connectivity index (χ3n) is 4.93. The van der Waals surface area contributed by atoms with Crippen LogP contribution in [0.1, 0.15) is 17.7 Å². The Morgan fingerprint density at radius 1 is 1.29 bits per heavy atom. The Balaban J connectivity index is 1.53. The molecule has 1 aromatic carbocycles. The highest BCUT2D eigenvalue weighted by Gasteiger charge is 2.36. The molecule has 2 amide bonds. The zero-order chi connectivity index (χ0) is 19.8. The zero-order valence-electron chi connectivity index (χ0n) is 15.9. The second-order valence-electron chi connectivity index (χ2n) is 6.99. The molecule has 0 aliphatic carbocycles. The summed E-state index contributed by atoms with van der Waals surface area (Å²) in [7, 11) is 1.57. The number of H-pyrrole nitrogens is 1. The first kappa shape index (κ1) is 18.0. The van der Waals surface area contributed by atoms with E-state index < -0.39 is 5.92 Å². The number of anilines is 2. The number of hydrogen-bond donors (Lipinski definition) is 2. The molecular weight excluding hydrogens is 358 g/mol. The molecule has 0 radical (unpaired) electrons. The lowest BCUT2D eigenvalue weighted by Gasteiger charge is -2.20. The molecule has 28 heavy (non-hydrogen) atoms. The van der Waals surface area contributed by atoms with Crippen molar-refractivity contribution in [1.82, 2.24) is 15.2 Å². The van der Waals surface area contributed by atoms with E-state index >= 15 is 0 Å². The molecule has 0 spiro atoms. The third-order valence-corrected chi connectivity index (χ3v) is 4.93. The number of amides is 2. The molecule has 8 heteroatoms. The highest BCUT2D eigenvalue weighted by atomic mass is 16.5. The molecular formula is C20H21N5O3. The molecule has 2 N–H and O–H groups in total. The van der Waals surface area contributed by atoms with E-state index in [4.69, 9.17) is 4.74 Å². The van der Waals surface area contributed by atoms with E-state index in [1.807, 2.05) is 44.2 Å². The van der Waals surface area contributed by atoms with Crippen LogP contribution < -0.4 is 15.0 Å². The number of aromatic nitrogens is 3. The van der Waals surface area contributed by atoms with Gasteiger partial charge < -0.3 is 15.0 Å². The van der Waals surface area contributed by atoms with Crippen molar-refractivity contribution in [2.45, 2.75) is 20.3 Å². The number of aromatic amines is 1. The SMILES string of the molecule is COc1ccc(C)cc1N1CC(C(=O)Nc2n[nH]c3nc(C)ccc23)CC1=O. The minimum Gasteiger partial charge on any atom is -0.495 e. The quantitative estimate of drug-likeness (QED) is 0.726. The highest BCUT2D eigenvalue weighted by Crippen LogP contribution is 2.34. The Kier molecular flexibility index (Phi) is 4.46. The molecule has 1 aliphatic rings. The van der Waals surface area contributed by atoms with E-state index in [1.54, 1.807) is 12.0 Å². The number of nitrogens with zero attached hydrogens (tertiary/aromatic N) is 3. The molecule has 1 saturated heterocycles. The smallest absolute Gasteiger partial charge is 0.231 e. The molecule has 0 bridgehead atoms. The molecule has 1 unspecified atom stereocenters. The third kappa shape index (κ3) is 3.17. The Hall–Kier alpha value is -3.42. The maximum atomic E-state index is 12.8. The lowest BCUT2D eigenvalue weighted by Crippen LogP contribution is -2.28. The summed E-state index contributed by atoms with van der Waals surface area (Å²) in [6.45, 7) is 4.13. The average Bonchev–Trinajstić information content (AvgIpc) is 3.25. The number of carbonyl (C=O) groups is 2. The van der Waals surface area contributed by atoms with Gasteiger partial charge in [-0.15, -0.1) is 0 Å². The Morgan fingerprint density at radius 3 is 2.89 bits per heavy atom. The van der Waals surface area contributed by atoms with Crippen LogP contribution in [0.4, 0.5) is 11.5 Å². The molecule has 2 aromatic heterocycles. The van der Waals surface area contributed by atoms with Crippen molar-refractivity contribution >= 4 is 34.4 Å². The summed E-state index contributed by atoms with van der Waals surface area (Å²) in [5.41, 5.74) is 3.18. The number of carbonyl (C=O) groups excluding carboxylic acids is 2. The van der Waals surface area contributed by atoms with Crippen LogP contribution in [-0.2, 0) is 9.59 Å². The second-order valence-corrected chi connectivity index (χ2v) is 6.99. The fourth-order valence-corrected chi connectivity index (χ4v) is 3.44. The number of nitrogens with one attached hydrogen (secondary N) is 2. The van der Waals surface area contributed by atoms with Crippen molar-refractivity contribution in [3.05, 3.63) is 41.6 Å². The first-order valence-electron chi connectivity index (χ1n) is 9.04. The van der Waals surface area contributed by atoms with E-state index in [-0.39, 0.29) is 18.2 Å². The van der Waals surface area contributed by atoms with Gasteiger partial charge in [0, 0.05) is 18.7 Å². The Labute approximate surface area is 161 Å². The van der Waals surface area contributed by atoms with Gasteiger partial charge in [-0.05, 0) is 43.7 Å². The number of aryl methyl sites for hydroxylation is 2. The van der Waals surface area contributed by atoms with Gasteiger partial charge in [0.1, 0.15) is 5.75 Å². The average molecular weight is 379 g/mol. The number of rotatable bonds is 4. The fourth-order valence-electron chi connectivity index (χ4n) is 3.44. The molecule has 1 fully saturated rings. The van der Waals surface area contributed by atoms with Crippen molar-refractivity contribution in [2.24, 2.45) is 5.92 Å². The molecule has 8 nitrogen and oxygen atoms in total. The second kappa shape index (κ2) is 6.95. The molecule has 1 aliphatic heterocycles. The standard InChI is InChI=1S/C20H21N5O3/c1-11-4-7-16(28-3)15(8-11)25-10-13(9-17(25)26)20(27)22-19-14-6-5-12(2)21-18(14)23-24-19/h4-8,13H,9-10H2,1-3H3,(H2,21,22,23,24,27). The maximum absolute atomic E-state index is 12.8. The molecule has 3 aromatic rings. The van der Waals surface area contributed by atoms with Gasteiger partial charge in [0.15, 0.2) is 11.5 Å².